The van der Waals surface area contributed by atoms with Crippen LogP contribution >= 0.6 is 15.9 Å². The van der Waals surface area contributed by atoms with Gasteiger partial charge >= 0.3 is 89.3 Å². The molecule has 2 saturated heterocycles. The molecule has 0 spiro atoms. The Balaban J connectivity index is 0. The number of ether oxygens (including phenoxy) is 7. The fraction of sp³-hybridized carbons (Fsp3) is 0.395. The number of amides is 6. The Labute approximate surface area is 714 Å². The van der Waals surface area contributed by atoms with Crippen molar-refractivity contribution in [3.8, 4) is 48.9 Å². The number of aliphatic hydroxyl groups excluding tert-OH is 5. The van der Waals surface area contributed by atoms with Crippen LogP contribution in [0, 0.1) is 48.9 Å². The summed E-state index contributed by atoms with van der Waals surface area (Å²) in [5.74, 6) is 0.650. The van der Waals surface area contributed by atoms with Crippen LogP contribution in [0.2, 0.25) is 0 Å². The standard InChI is InChI=1S/C16H14N2O5.C13H14O5.C11H10O5.C11H8O4.C7H8O.C6H6O4.C5H8N2O2.C4H6O3.C3H3Br.C3H6O2.2CH4.Na.H2O/c19-9-3-7-5-10-11(6-8(7)4-9)16(23)18(15(10)22)12-1-2-13(20)17-14(12)21;1-17-12(15)10-5-7-3-9(14)4-8(7)6-11(10)13(16)18-2;12-7-1-5-3-8(10(13)14)9(11(15)16)4-6(5)2-7;12-7-1-5-3-8-9(4-6(5)2-7)11(14)15-10(8)13;1-3-5-7(8)6-4-2;1-9-5(7)3-4-6(8)10-2;6-3-1-2-4(8)7-5(3)9;1-3(5)7-4(2)6;1-2-3-4;1-2-5-3-4;;;;/h5-6,9,12,19H,1-4H2,(H,17,20,21);5-6,9,14H,3-4H2,1-2H3;3-4,7,12H,1-2H2,(H,13,14)(H,15,16);3-4,7,12H,1-2H2;1-2,7-8H,5-6H2;1-2H3;3H,1-2,6H2,(H,7,8,9);1-2H3;1H,3H2;3H,2H2,1H3;2*1H4;;1H2/q;;;;;;;;;;;;+1;/p-1. The van der Waals surface area contributed by atoms with Gasteiger partial charge in [-0.25, -0.2) is 38.4 Å². The van der Waals surface area contributed by atoms with E-state index in [4.69, 9.17) is 40.3 Å². The van der Waals surface area contributed by atoms with Crippen LogP contribution in [-0.4, -0.2) is 231 Å². The van der Waals surface area contributed by atoms with Crippen LogP contribution in [-0.2, 0) is 128 Å². The molecule has 119 heavy (non-hydrogen) atoms. The predicted octanol–water partition coefficient (Wildman–Crippen LogP) is -0.865. The van der Waals surface area contributed by atoms with E-state index in [1.54, 1.807) is 43.3 Å². The number of carbonyl (C=O) groups excluding carboxylic acids is 15. The number of aliphatic hydroxyl groups is 5. The number of nitrogens with zero attached hydrogens (tertiary/aromatic N) is 1. The fourth-order valence-corrected chi connectivity index (χ4v) is 11.5. The van der Waals surface area contributed by atoms with Crippen molar-refractivity contribution in [2.24, 2.45) is 5.73 Å². The first-order chi connectivity index (χ1) is 54.3. The number of hydrogen-bond acceptors (Lipinski definition) is 31. The van der Waals surface area contributed by atoms with Gasteiger partial charge in [0.05, 0.1) is 121 Å². The molecule has 0 radical (unpaired) electrons. The van der Waals surface area contributed by atoms with Gasteiger partial charge in [-0.2, -0.15) is 0 Å². The Morgan fingerprint density at radius 2 is 0.857 bits per heavy atom. The maximum atomic E-state index is 12.6. The topological polar surface area (TPSA) is 580 Å². The van der Waals surface area contributed by atoms with E-state index in [1.807, 2.05) is 11.8 Å². The van der Waals surface area contributed by atoms with Crippen molar-refractivity contribution in [3.05, 3.63) is 138 Å². The van der Waals surface area contributed by atoms with Crippen LogP contribution in [0.1, 0.15) is 202 Å². The zero-order chi connectivity index (χ0) is 86.7. The summed E-state index contributed by atoms with van der Waals surface area (Å²) in [4.78, 5) is 187. The maximum absolute atomic E-state index is 12.6. The van der Waals surface area contributed by atoms with Gasteiger partial charge in [0.1, 0.15) is 6.04 Å². The Morgan fingerprint density at radius 1 is 0.546 bits per heavy atom. The normalized spacial score (nSPS) is 15.3. The average molecular weight is 1740 g/mol. The minimum Gasteiger partial charge on any atom is -0.870 e. The van der Waals surface area contributed by atoms with Gasteiger partial charge in [-0.3, -0.25) is 58.7 Å². The molecule has 36 nitrogen and oxygen atoms in total. The van der Waals surface area contributed by atoms with E-state index < -0.39 is 126 Å². The van der Waals surface area contributed by atoms with Crippen molar-refractivity contribution in [2.45, 2.75) is 168 Å². The van der Waals surface area contributed by atoms with Crippen LogP contribution in [0.4, 0.5) is 0 Å². The molecule has 4 aliphatic carbocycles. The number of terminal acetylenes is 3. The quantitative estimate of drug-likeness (QED) is 0.0112. The van der Waals surface area contributed by atoms with Gasteiger partial charge in [-0.05, 0) is 164 Å². The molecule has 0 aromatic heterocycles. The number of hydrogen-bond donors (Lipinski definition) is 10. The number of aromatic carboxylic acids is 2. The smallest absolute Gasteiger partial charge is 0.870 e. The number of methoxy groups -OCH3 is 4. The molecule has 8 aliphatic rings. The molecule has 4 aromatic rings. The minimum atomic E-state index is -1.26. The molecule has 4 aliphatic heterocycles. The van der Waals surface area contributed by atoms with Gasteiger partial charge in [-0.1, -0.05) is 36.7 Å². The molecule has 0 bridgehead atoms. The maximum Gasteiger partial charge on any atom is 1.00 e. The third kappa shape index (κ3) is 34.1. The molecule has 12 N–H and O–H groups in total. The molecule has 2 fully saturated rings. The number of esters is 8. The Hall–Kier alpha value is -11.7. The van der Waals surface area contributed by atoms with E-state index in [0.29, 0.717) is 107 Å². The first-order valence-corrected chi connectivity index (χ1v) is 35.5. The van der Waals surface area contributed by atoms with Gasteiger partial charge < -0.3 is 80.1 Å². The van der Waals surface area contributed by atoms with Crippen molar-refractivity contribution in [2.75, 3.05) is 40.4 Å². The second kappa shape index (κ2) is 54.3. The summed E-state index contributed by atoms with van der Waals surface area (Å²) in [6.07, 6.45) is 17.7. The van der Waals surface area contributed by atoms with E-state index in [1.165, 1.54) is 54.4 Å². The Bertz CT molecular complexity index is 4400. The Morgan fingerprint density at radius 3 is 1.10 bits per heavy atom. The molecule has 2 atom stereocenters. The van der Waals surface area contributed by atoms with Crippen molar-refractivity contribution in [1.82, 2.24) is 15.5 Å². The van der Waals surface area contributed by atoms with E-state index >= 15 is 0 Å². The van der Waals surface area contributed by atoms with Crippen molar-refractivity contribution >= 4 is 118 Å². The van der Waals surface area contributed by atoms with Gasteiger partial charge in [0, 0.05) is 51.4 Å². The fourth-order valence-electron chi connectivity index (χ4n) is 11.5. The van der Waals surface area contributed by atoms with Crippen LogP contribution in [0.3, 0.4) is 0 Å². The number of fused-ring (bicyclic) bond motifs is 6. The number of carboxylic acids is 2. The summed E-state index contributed by atoms with van der Waals surface area (Å²) in [7, 11) is 4.86. The molecule has 6 amide bonds. The van der Waals surface area contributed by atoms with Crippen LogP contribution in [0.25, 0.3) is 0 Å². The number of benzene rings is 4. The summed E-state index contributed by atoms with van der Waals surface area (Å²) >= 11 is 3.01. The SMILES string of the molecule is C.C.C#CCBr.C#CCC(O)CC#C.CC(=O)OC(C)=O.CCOC=O.COC(=O)C#CC(=O)OC.COC(=O)c1cc2c(cc1C(=O)OC)CC(O)C2.NC1CCC(=O)NC1=O.O=C(O)c1cc2c(cc1C(=O)O)CC(O)C2.O=C1CCC(N2C(=O)c3cc4c(cc3C2=O)CC(O)C4)C(=O)N1.O=C1OC(=O)c2cc3c(cc21)CC(O)C3.[Na+].[OH-]. The Kier molecular flexibility index (Phi) is 49.9. The second-order valence-electron chi connectivity index (χ2n) is 24.9. The molecule has 2 unspecified atom stereocenters. The van der Waals surface area contributed by atoms with E-state index in [2.05, 4.69) is 77.5 Å². The van der Waals surface area contributed by atoms with Crippen LogP contribution in [0.5, 0.6) is 0 Å². The van der Waals surface area contributed by atoms with Crippen LogP contribution in [0.15, 0.2) is 48.5 Å². The molecular formula is C81H92BrN4NaO32. The third-order valence-corrected chi connectivity index (χ3v) is 16.9. The number of carboxylic acid groups (broad SMARTS) is 2. The molecule has 12 rings (SSSR count). The summed E-state index contributed by atoms with van der Waals surface area (Å²) in [6.45, 7) is 5.03. The number of nitrogens with one attached hydrogen (secondary N) is 2. The molecule has 636 valence electrons. The number of cyclic esters (lactones) is 2. The first-order valence-electron chi connectivity index (χ1n) is 34.4. The van der Waals surface area contributed by atoms with E-state index in [-0.39, 0.29) is 108 Å². The largest absolute Gasteiger partial charge is 1.00 e. The number of rotatable bonds is 9. The number of alkyl halides is 1. The number of imide groups is 3. The average Bonchev–Trinajstić information content (AvgIpc) is 1.60. The molecule has 4 heterocycles. The number of carbonyl (C=O) groups is 17. The molecule has 38 heteroatoms. The van der Waals surface area contributed by atoms with Crippen molar-refractivity contribution in [1.29, 1.82) is 0 Å². The van der Waals surface area contributed by atoms with Crippen LogP contribution < -0.4 is 45.9 Å². The van der Waals surface area contributed by atoms with E-state index in [0.717, 1.165) is 49.4 Å². The monoisotopic (exact) mass is 1730 g/mol. The minimum absolute atomic E-state index is 0. The van der Waals surface area contributed by atoms with Gasteiger partial charge in [0.2, 0.25) is 23.6 Å². The number of halogens is 1. The summed E-state index contributed by atoms with van der Waals surface area (Å²) in [6, 6.07) is 11.1. The number of nitrogens with two attached hydrogens (primary N) is 1. The van der Waals surface area contributed by atoms with Crippen molar-refractivity contribution < 1.29 is 185 Å². The summed E-state index contributed by atoms with van der Waals surface area (Å²) in [5.41, 5.74) is 13.2. The first kappa shape index (κ1) is 109. The number of piperidine rings is 2. The van der Waals surface area contributed by atoms with Crippen molar-refractivity contribution in [3.63, 3.8) is 0 Å². The third-order valence-electron chi connectivity index (χ3n) is 16.5. The summed E-state index contributed by atoms with van der Waals surface area (Å²) < 4.78 is 30.2. The van der Waals surface area contributed by atoms with E-state index in [9.17, 15) is 102 Å². The second-order valence-corrected chi connectivity index (χ2v) is 25.4. The summed E-state index contributed by atoms with van der Waals surface area (Å²) in [5, 5.41) is 69.7. The van der Waals surface area contributed by atoms with Gasteiger partial charge in [0.25, 0.3) is 18.3 Å². The zero-order valence-corrected chi connectivity index (χ0v) is 68.1. The molecular weight excluding hydrogens is 1640 g/mol. The predicted molar refractivity (Wildman–Crippen MR) is 416 cm³/mol. The van der Waals surface area contributed by atoms with Gasteiger partial charge in [-0.15, -0.1) is 31.1 Å². The molecule has 0 saturated carbocycles. The zero-order valence-electron chi connectivity index (χ0n) is 64.6. The molecule has 4 aromatic carbocycles. The van der Waals surface area contributed by atoms with Gasteiger partial charge in [0.15, 0.2) is 0 Å².